The van der Waals surface area contributed by atoms with E-state index in [0.29, 0.717) is 0 Å². The lowest BCUT2D eigenvalue weighted by molar-refractivity contribution is -0.539. The zero-order valence-corrected chi connectivity index (χ0v) is 37.6. The first kappa shape index (κ1) is 50.7. The maximum atomic E-state index is 12.8. The fourth-order valence-electron chi connectivity index (χ4n) is 6.33. The number of carbonyl (C=O) groups is 1. The highest BCUT2D eigenvalue weighted by molar-refractivity contribution is 7.86. The number of hydrogen-bond donors (Lipinski definition) is 10. The van der Waals surface area contributed by atoms with Gasteiger partial charge in [-0.2, -0.15) is 35.0 Å². The molecule has 1 heterocycles. The van der Waals surface area contributed by atoms with Gasteiger partial charge >= 0.3 is 5.97 Å². The number of anilines is 1. The zero-order chi connectivity index (χ0) is 50.6. The Hall–Kier alpha value is -7.75. The maximum absolute atomic E-state index is 12.8. The van der Waals surface area contributed by atoms with Crippen LogP contribution in [-0.4, -0.2) is 114 Å². The molecule has 0 saturated heterocycles. The molecule has 0 aliphatic carbocycles. The fraction of sp³-hybridized carbons (Fsp3) is 0.158. The molecule has 6 aromatic rings. The molecule has 0 aliphatic heterocycles. The number of aryl methyl sites for hydroxylation is 1. The highest BCUT2D eigenvalue weighted by Crippen LogP contribution is 2.45. The van der Waals surface area contributed by atoms with Crippen molar-refractivity contribution in [2.24, 2.45) is 25.6 Å². The summed E-state index contributed by atoms with van der Waals surface area (Å²) in [7, 11) is -13.7. The molecule has 5 aromatic carbocycles. The normalized spacial score (nSPS) is 12.2. The molecule has 0 aliphatic rings. The summed E-state index contributed by atoms with van der Waals surface area (Å²) in [6.07, 6.45) is 0. The number of nitrogens with two attached hydrogens (primary N) is 1. The van der Waals surface area contributed by atoms with Crippen molar-refractivity contribution < 1.29 is 88.9 Å². The zero-order valence-electron chi connectivity index (χ0n) is 35.2. The molecule has 1 aromatic heterocycles. The van der Waals surface area contributed by atoms with Crippen LogP contribution in [0, 0.1) is 11.8 Å². The van der Waals surface area contributed by atoms with E-state index in [-0.39, 0.29) is 75.2 Å². The lowest BCUT2D eigenvalue weighted by Crippen LogP contribution is -2.83. The van der Waals surface area contributed by atoms with Crippen molar-refractivity contribution in [1.29, 1.82) is 0 Å². The topological polar surface area (TPSA) is 434 Å². The third-order valence-electron chi connectivity index (χ3n) is 9.39. The number of carboxylic acid groups (broad SMARTS) is 1. The van der Waals surface area contributed by atoms with Crippen LogP contribution in [0.1, 0.15) is 16.1 Å². The van der Waals surface area contributed by atoms with Crippen molar-refractivity contribution in [3.05, 3.63) is 82.9 Å². The van der Waals surface area contributed by atoms with Gasteiger partial charge in [-0.05, 0) is 71.6 Å². The van der Waals surface area contributed by atoms with E-state index in [1.54, 1.807) is 0 Å². The summed E-state index contributed by atoms with van der Waals surface area (Å²) in [6, 6.07) is 11.7. The second-order valence-corrected chi connectivity index (χ2v) is 18.1. The van der Waals surface area contributed by atoms with Gasteiger partial charge in [0.25, 0.3) is 41.9 Å². The van der Waals surface area contributed by atoms with Crippen LogP contribution in [0.5, 0.6) is 28.9 Å². The third kappa shape index (κ3) is 11.2. The number of nitroso groups, excluding NO2 is 1. The number of ether oxygens (including phenoxy) is 3. The van der Waals surface area contributed by atoms with Gasteiger partial charge in [0.15, 0.2) is 5.75 Å². The van der Waals surface area contributed by atoms with Crippen LogP contribution in [0.25, 0.3) is 16.5 Å². The number of nitrogens with one attached hydrogen (secondary N) is 1. The molecule has 31 heteroatoms. The van der Waals surface area contributed by atoms with Gasteiger partial charge in [-0.15, -0.1) is 25.4 Å². The number of aromatic carboxylic acids is 1. The summed E-state index contributed by atoms with van der Waals surface area (Å²) < 4.78 is 120. The van der Waals surface area contributed by atoms with E-state index in [2.05, 4.69) is 36.2 Å². The minimum Gasteiger partial charge on any atom is -0.505 e. The molecule has 0 atom stereocenters. The Morgan fingerprint density at radius 1 is 0.739 bits per heavy atom. The number of benzene rings is 5. The molecule has 0 bridgehead atoms. The molecule has 28 nitrogen and oxygen atoms in total. The van der Waals surface area contributed by atoms with Gasteiger partial charge in [0.05, 0.1) is 26.0 Å². The van der Waals surface area contributed by atoms with E-state index in [1.165, 1.54) is 32.2 Å². The first-order chi connectivity index (χ1) is 32.5. The van der Waals surface area contributed by atoms with E-state index in [9.17, 15) is 74.1 Å². The number of phenolic OH excluding ortho intramolecular Hbond substituents is 1. The Kier molecular flexibility index (Phi) is 14.9. The molecule has 6 rings (SSSR count). The monoisotopic (exact) mass is 1020 g/mol. The van der Waals surface area contributed by atoms with E-state index in [4.69, 9.17) is 14.2 Å². The first-order valence-corrected chi connectivity index (χ1v) is 23.3. The van der Waals surface area contributed by atoms with Crippen molar-refractivity contribution in [1.82, 2.24) is 9.78 Å². The molecule has 69 heavy (non-hydrogen) atoms. The largest absolute Gasteiger partial charge is 0.505 e. The van der Waals surface area contributed by atoms with Gasteiger partial charge in [-0.3, -0.25) is 13.7 Å². The van der Waals surface area contributed by atoms with Gasteiger partial charge < -0.3 is 39.7 Å². The van der Waals surface area contributed by atoms with Crippen molar-refractivity contribution in [3.8, 4) is 34.6 Å². The summed E-state index contributed by atoms with van der Waals surface area (Å²) >= 11 is 0. The second-order valence-electron chi connectivity index (χ2n) is 13.9. The van der Waals surface area contributed by atoms with Crippen molar-refractivity contribution in [2.45, 2.75) is 21.6 Å². The Morgan fingerprint density at radius 2 is 1.33 bits per heavy atom. The summed E-state index contributed by atoms with van der Waals surface area (Å²) in [6.45, 7) is -0.492. The van der Waals surface area contributed by atoms with Crippen molar-refractivity contribution in [3.63, 3.8) is 0 Å². The molecular formula is C38H36N9O19S3+. The SMILES string of the molecule is COc1cc(S(=O)(=O)O)c(C)cc1N[NH2+]c1c(C(=O)O)nn(-c2ccc3c(O)c(N=Nc4cc(OCCO)c(N=Nc5ccc(N=O)cc5S(=O)(=O)O)cc4OCCO)c(S(=O)(=O)O)cc3c2)c1O. The highest BCUT2D eigenvalue weighted by atomic mass is 32.2. The van der Waals surface area contributed by atoms with Crippen LogP contribution < -0.4 is 25.1 Å². The number of aliphatic hydroxyl groups excluding tert-OH is 2. The molecule has 0 amide bonds. The number of aromatic nitrogens is 2. The number of aromatic hydroxyl groups is 2. The number of aliphatic hydroxyl groups is 2. The molecule has 0 radical (unpaired) electrons. The van der Waals surface area contributed by atoms with E-state index in [0.717, 1.165) is 58.6 Å². The average molecular weight is 1020 g/mol. The van der Waals surface area contributed by atoms with Gasteiger partial charge in [-0.1, -0.05) is 0 Å². The van der Waals surface area contributed by atoms with Crippen LogP contribution >= 0.6 is 0 Å². The molecule has 0 saturated carbocycles. The van der Waals surface area contributed by atoms with Crippen molar-refractivity contribution in [2.75, 3.05) is 39.0 Å². The standard InChI is InChI=1S/C38H35N9O19S3/c1-18-11-24(27(64-2)17-30(18)67(55,56)57)41-44-34-35(38(52)53)45-47(37(34)51)21-4-5-22-19(12-21)13-32(69(61,62)63)33(36(22)50)43-42-26-16-28(65-9-7-48)25(15-29(26)66-10-8-49)40-39-23-6-3-20(46-54)14-31(23)68(58,59)60/h3-6,11-17,41,44,48-51H,7-10H2,1-2H3,(H,52,53)(H,55,56,57)(H,58,59,60)(H,61,62,63)/p+1. The Labute approximate surface area is 388 Å². The number of nitrogen functional groups attached to an aromatic ring is 1. The molecule has 11 N–H and O–H groups in total. The van der Waals surface area contributed by atoms with Gasteiger partial charge in [0, 0.05) is 23.6 Å². The third-order valence-corrected chi connectivity index (χ3v) is 12.1. The fourth-order valence-corrected chi connectivity index (χ4v) is 8.36. The van der Waals surface area contributed by atoms with E-state index in [1.807, 2.05) is 0 Å². The molecule has 364 valence electrons. The number of methoxy groups -OCH3 is 1. The first-order valence-electron chi connectivity index (χ1n) is 19.0. The molecular weight excluding hydrogens is 983 g/mol. The summed E-state index contributed by atoms with van der Waals surface area (Å²) in [5, 5.41) is 73.7. The lowest BCUT2D eigenvalue weighted by atomic mass is 10.1. The predicted octanol–water partition coefficient (Wildman–Crippen LogP) is 4.38. The Balaban J connectivity index is 1.41. The number of fused-ring (bicyclic) bond motifs is 1. The van der Waals surface area contributed by atoms with Gasteiger partial charge in [0.1, 0.15) is 79.3 Å². The Morgan fingerprint density at radius 3 is 1.88 bits per heavy atom. The predicted molar refractivity (Wildman–Crippen MR) is 236 cm³/mol. The Bertz CT molecular complexity index is 3440. The maximum Gasteiger partial charge on any atom is 0.362 e. The number of hydrogen-bond acceptors (Lipinski definition) is 22. The van der Waals surface area contributed by atoms with Gasteiger partial charge in [0.2, 0.25) is 5.69 Å². The minimum atomic E-state index is -5.27. The summed E-state index contributed by atoms with van der Waals surface area (Å²) in [5.41, 5.74) is 0.477. The number of azo groups is 2. The molecule has 0 spiro atoms. The van der Waals surface area contributed by atoms with Crippen LogP contribution in [0.15, 0.2) is 107 Å². The molecule has 0 unspecified atom stereocenters. The highest BCUT2D eigenvalue weighted by Gasteiger charge is 2.30. The quantitative estimate of drug-likeness (QED) is 0.0167. The number of rotatable bonds is 20. The van der Waals surface area contributed by atoms with Crippen LogP contribution in [-0.2, 0) is 30.4 Å². The van der Waals surface area contributed by atoms with Gasteiger partial charge in [-0.25, -0.2) is 15.6 Å². The summed E-state index contributed by atoms with van der Waals surface area (Å²) in [5.74, 6) is -3.87. The minimum absolute atomic E-state index is 0.0756. The van der Waals surface area contributed by atoms with E-state index >= 15 is 0 Å². The van der Waals surface area contributed by atoms with Crippen LogP contribution in [0.3, 0.4) is 0 Å². The lowest BCUT2D eigenvalue weighted by Gasteiger charge is -2.13. The number of quaternary nitrogens is 1. The number of phenols is 1. The van der Waals surface area contributed by atoms with Crippen LogP contribution in [0.4, 0.5) is 39.8 Å². The smallest absolute Gasteiger partial charge is 0.362 e. The van der Waals surface area contributed by atoms with Crippen molar-refractivity contribution >= 4 is 86.9 Å². The van der Waals surface area contributed by atoms with Crippen LogP contribution in [0.2, 0.25) is 0 Å². The number of nitrogens with zero attached hydrogens (tertiary/aromatic N) is 7. The summed E-state index contributed by atoms with van der Waals surface area (Å²) in [4.78, 5) is 21.0. The molecule has 0 fully saturated rings. The second kappa shape index (κ2) is 20.2. The average Bonchev–Trinajstić information content (AvgIpc) is 3.63. The van der Waals surface area contributed by atoms with E-state index < -0.39 is 98.6 Å². The number of carboxylic acids is 1.